The van der Waals surface area contributed by atoms with Gasteiger partial charge in [0, 0.05) is 21.6 Å². The van der Waals surface area contributed by atoms with Gasteiger partial charge in [-0.2, -0.15) is 0 Å². The van der Waals surface area contributed by atoms with Gasteiger partial charge >= 0.3 is 0 Å². The molecule has 6 nitrogen and oxygen atoms in total. The molecule has 0 spiro atoms. The minimum Gasteiger partial charge on any atom is -0.330 e. The summed E-state index contributed by atoms with van der Waals surface area (Å²) >= 11 is 12.0. The molecular weight excluding hydrogens is 442 g/mol. The standard InChI is InChI=1S/C18H17Cl2N2O4PS/c1-2-26-27(23)12-22(18-7-3-6-17-16(18)5-4-8-21-17)28(24,25)15-10-13(19)9-14(20)11-15/h3-11,27H,2,12H2,1H3. The molecule has 10 heteroatoms. The smallest absolute Gasteiger partial charge is 0.264 e. The summed E-state index contributed by atoms with van der Waals surface area (Å²) in [6, 6.07) is 12.6. The van der Waals surface area contributed by atoms with E-state index in [1.165, 1.54) is 18.2 Å². The second-order valence-electron chi connectivity index (χ2n) is 5.77. The van der Waals surface area contributed by atoms with Crippen molar-refractivity contribution in [3.8, 4) is 0 Å². The topological polar surface area (TPSA) is 76.6 Å². The lowest BCUT2D eigenvalue weighted by Gasteiger charge is -2.25. The summed E-state index contributed by atoms with van der Waals surface area (Å²) in [6.07, 6.45) is 1.30. The molecule has 0 saturated heterocycles. The lowest BCUT2D eigenvalue weighted by Crippen LogP contribution is -2.31. The Morgan fingerprint density at radius 1 is 1.11 bits per heavy atom. The molecule has 0 saturated carbocycles. The minimum absolute atomic E-state index is 0.0998. The summed E-state index contributed by atoms with van der Waals surface area (Å²) < 4.78 is 45.4. The number of pyridine rings is 1. The van der Waals surface area contributed by atoms with Gasteiger partial charge in [0.15, 0.2) is 0 Å². The maximum atomic E-state index is 13.4. The molecule has 0 bridgehead atoms. The molecule has 3 aromatic rings. The van der Waals surface area contributed by atoms with E-state index in [9.17, 15) is 13.0 Å². The number of nitrogens with zero attached hydrogens (tertiary/aromatic N) is 2. The molecule has 0 aliphatic carbocycles. The van der Waals surface area contributed by atoms with Crippen LogP contribution >= 0.6 is 31.2 Å². The molecule has 1 unspecified atom stereocenters. The quantitative estimate of drug-likeness (QED) is 0.454. The van der Waals surface area contributed by atoms with E-state index < -0.39 is 18.1 Å². The highest BCUT2D eigenvalue weighted by molar-refractivity contribution is 7.93. The van der Waals surface area contributed by atoms with Gasteiger partial charge in [-0.3, -0.25) is 13.9 Å². The summed E-state index contributed by atoms with van der Waals surface area (Å²) in [7, 11) is -6.78. The van der Waals surface area contributed by atoms with Crippen molar-refractivity contribution in [2.75, 3.05) is 17.2 Å². The van der Waals surface area contributed by atoms with Crippen LogP contribution in [-0.4, -0.2) is 26.3 Å². The van der Waals surface area contributed by atoms with Gasteiger partial charge in [-0.05, 0) is 49.4 Å². The summed E-state index contributed by atoms with van der Waals surface area (Å²) in [5.74, 6) is 0. The Kier molecular flexibility index (Phi) is 6.63. The highest BCUT2D eigenvalue weighted by Gasteiger charge is 2.29. The van der Waals surface area contributed by atoms with Gasteiger partial charge in [-0.15, -0.1) is 0 Å². The van der Waals surface area contributed by atoms with Crippen molar-refractivity contribution in [2.24, 2.45) is 0 Å². The van der Waals surface area contributed by atoms with E-state index in [1.807, 2.05) is 0 Å². The molecule has 3 rings (SSSR count). The summed E-state index contributed by atoms with van der Waals surface area (Å²) in [5, 5.41) is 0.971. The van der Waals surface area contributed by atoms with Crippen LogP contribution in [-0.2, 0) is 19.1 Å². The molecular formula is C18H17Cl2N2O4PS. The Morgan fingerprint density at radius 2 is 1.82 bits per heavy atom. The first-order chi connectivity index (χ1) is 13.3. The van der Waals surface area contributed by atoms with Gasteiger partial charge < -0.3 is 4.52 Å². The predicted octanol–water partition coefficient (Wildman–Crippen LogP) is 5.21. The Balaban J connectivity index is 2.20. The van der Waals surface area contributed by atoms with Crippen molar-refractivity contribution in [1.29, 1.82) is 0 Å². The molecule has 0 aliphatic rings. The number of aromatic nitrogens is 1. The highest BCUT2D eigenvalue weighted by Crippen LogP contribution is 2.36. The molecule has 1 aromatic heterocycles. The van der Waals surface area contributed by atoms with Crippen LogP contribution in [0.2, 0.25) is 10.0 Å². The lowest BCUT2D eigenvalue weighted by molar-refractivity contribution is 0.351. The average Bonchev–Trinajstić information content (AvgIpc) is 2.65. The van der Waals surface area contributed by atoms with Crippen LogP contribution in [0.5, 0.6) is 0 Å². The maximum Gasteiger partial charge on any atom is 0.264 e. The molecule has 28 heavy (non-hydrogen) atoms. The molecule has 0 radical (unpaired) electrons. The van der Waals surface area contributed by atoms with E-state index >= 15 is 0 Å². The number of hydrogen-bond acceptors (Lipinski definition) is 5. The van der Waals surface area contributed by atoms with Gasteiger partial charge in [-0.1, -0.05) is 29.3 Å². The maximum absolute atomic E-state index is 13.4. The van der Waals surface area contributed by atoms with Gasteiger partial charge in [-0.25, -0.2) is 8.42 Å². The van der Waals surface area contributed by atoms with Gasteiger partial charge in [0.1, 0.15) is 6.29 Å². The zero-order valence-electron chi connectivity index (χ0n) is 14.8. The van der Waals surface area contributed by atoms with Crippen molar-refractivity contribution in [2.45, 2.75) is 11.8 Å². The first kappa shape index (κ1) is 21.1. The molecule has 2 aromatic carbocycles. The fraction of sp³-hybridized carbons (Fsp3) is 0.167. The molecule has 0 fully saturated rings. The van der Waals surface area contributed by atoms with Crippen LogP contribution in [0, 0.1) is 0 Å². The average molecular weight is 459 g/mol. The Labute approximate surface area is 174 Å². The molecule has 1 atom stereocenters. The van der Waals surface area contributed by atoms with E-state index in [4.69, 9.17) is 27.7 Å². The first-order valence-corrected chi connectivity index (χ1v) is 12.0. The summed E-state index contributed by atoms with van der Waals surface area (Å²) in [6.45, 7) is 1.91. The Bertz CT molecular complexity index is 1120. The van der Waals surface area contributed by atoms with Crippen LogP contribution < -0.4 is 4.31 Å². The number of sulfonamides is 1. The lowest BCUT2D eigenvalue weighted by atomic mass is 10.2. The fourth-order valence-electron chi connectivity index (χ4n) is 2.73. The van der Waals surface area contributed by atoms with Crippen LogP contribution in [0.4, 0.5) is 5.69 Å². The van der Waals surface area contributed by atoms with E-state index in [0.717, 1.165) is 4.31 Å². The Morgan fingerprint density at radius 3 is 2.50 bits per heavy atom. The van der Waals surface area contributed by atoms with Crippen molar-refractivity contribution >= 4 is 57.8 Å². The van der Waals surface area contributed by atoms with Crippen molar-refractivity contribution in [3.05, 3.63) is 64.8 Å². The van der Waals surface area contributed by atoms with Gasteiger partial charge in [0.05, 0.1) is 22.7 Å². The van der Waals surface area contributed by atoms with Crippen LogP contribution in [0.15, 0.2) is 59.6 Å². The zero-order valence-corrected chi connectivity index (χ0v) is 18.1. The monoisotopic (exact) mass is 458 g/mol. The van der Waals surface area contributed by atoms with Gasteiger partial charge in [0.25, 0.3) is 10.0 Å². The highest BCUT2D eigenvalue weighted by atomic mass is 35.5. The summed E-state index contributed by atoms with van der Waals surface area (Å²) in [5.41, 5.74) is 0.958. The predicted molar refractivity (Wildman–Crippen MR) is 113 cm³/mol. The number of rotatable bonds is 7. The Hall–Kier alpha value is -1.63. The fourth-order valence-corrected chi connectivity index (χ4v) is 6.43. The van der Waals surface area contributed by atoms with Crippen LogP contribution in [0.25, 0.3) is 10.9 Å². The number of fused-ring (bicyclic) bond motifs is 1. The van der Waals surface area contributed by atoms with Gasteiger partial charge in [0.2, 0.25) is 8.03 Å². The number of halogens is 2. The van der Waals surface area contributed by atoms with Crippen molar-refractivity contribution < 1.29 is 17.5 Å². The second-order valence-corrected chi connectivity index (χ2v) is 9.85. The molecule has 0 N–H and O–H groups in total. The second kappa shape index (κ2) is 8.80. The summed E-state index contributed by atoms with van der Waals surface area (Å²) in [4.78, 5) is 4.16. The largest absolute Gasteiger partial charge is 0.330 e. The number of hydrogen-bond donors (Lipinski definition) is 0. The normalized spacial score (nSPS) is 12.8. The van der Waals surface area contributed by atoms with E-state index in [2.05, 4.69) is 4.98 Å². The third kappa shape index (κ3) is 4.50. The third-order valence-corrected chi connectivity index (χ3v) is 7.48. The van der Waals surface area contributed by atoms with E-state index in [-0.39, 0.29) is 27.8 Å². The molecule has 0 aliphatic heterocycles. The van der Waals surface area contributed by atoms with E-state index in [1.54, 1.807) is 43.5 Å². The SMILES string of the molecule is CCO[PH](=O)CN(c1cccc2ncccc12)S(=O)(=O)c1cc(Cl)cc(Cl)c1. The minimum atomic E-state index is -4.12. The first-order valence-electron chi connectivity index (χ1n) is 8.31. The van der Waals surface area contributed by atoms with Crippen molar-refractivity contribution in [1.82, 2.24) is 4.98 Å². The number of benzene rings is 2. The van der Waals surface area contributed by atoms with Crippen molar-refractivity contribution in [3.63, 3.8) is 0 Å². The molecule has 0 amide bonds. The third-order valence-electron chi connectivity index (χ3n) is 3.89. The molecule has 1 heterocycles. The number of anilines is 1. The zero-order chi connectivity index (χ0) is 20.3. The van der Waals surface area contributed by atoms with E-state index in [0.29, 0.717) is 16.6 Å². The molecule has 148 valence electrons. The van der Waals surface area contributed by atoms with Crippen LogP contribution in [0.3, 0.4) is 0 Å². The van der Waals surface area contributed by atoms with Crippen LogP contribution in [0.1, 0.15) is 6.92 Å².